The predicted molar refractivity (Wildman–Crippen MR) is 59.3 cm³/mol. The van der Waals surface area contributed by atoms with Crippen molar-refractivity contribution in [3.8, 4) is 0 Å². The molecular weight excluding hydrogens is 260 g/mol. The fourth-order valence-electron chi connectivity index (χ4n) is 1.64. The maximum absolute atomic E-state index is 11.7. The first-order valence-corrected chi connectivity index (χ1v) is 6.23. The number of carbonyl (C=O) groups excluding carboxylic acids is 1. The zero-order valence-corrected chi connectivity index (χ0v) is 10.2. The SMILES string of the molecule is CCOC(=O)c1c(C2CC2)coc1CBr. The van der Waals surface area contributed by atoms with Gasteiger partial charge in [0.15, 0.2) is 0 Å². The Balaban J connectivity index is 2.31. The second-order valence-electron chi connectivity index (χ2n) is 3.62. The summed E-state index contributed by atoms with van der Waals surface area (Å²) < 4.78 is 10.4. The van der Waals surface area contributed by atoms with E-state index in [4.69, 9.17) is 9.15 Å². The lowest BCUT2D eigenvalue weighted by atomic mass is 10.1. The first kappa shape index (κ1) is 10.7. The molecule has 0 atom stereocenters. The van der Waals surface area contributed by atoms with E-state index in [2.05, 4.69) is 15.9 Å². The van der Waals surface area contributed by atoms with Crippen LogP contribution in [0.3, 0.4) is 0 Å². The Hall–Kier alpha value is -0.770. The average Bonchev–Trinajstić information content (AvgIpc) is 2.98. The average molecular weight is 273 g/mol. The van der Waals surface area contributed by atoms with E-state index in [0.717, 1.165) is 18.4 Å². The third-order valence-corrected chi connectivity index (χ3v) is 3.02. The molecule has 1 aliphatic carbocycles. The molecule has 0 radical (unpaired) electrons. The molecule has 0 N–H and O–H groups in total. The van der Waals surface area contributed by atoms with Gasteiger partial charge in [-0.3, -0.25) is 0 Å². The first-order valence-electron chi connectivity index (χ1n) is 5.11. The zero-order valence-electron chi connectivity index (χ0n) is 8.59. The van der Waals surface area contributed by atoms with Gasteiger partial charge in [0.1, 0.15) is 11.3 Å². The van der Waals surface area contributed by atoms with Crippen molar-refractivity contribution in [3.63, 3.8) is 0 Å². The summed E-state index contributed by atoms with van der Waals surface area (Å²) in [5.41, 5.74) is 1.65. The Labute approximate surface area is 96.9 Å². The molecule has 1 heterocycles. The lowest BCUT2D eigenvalue weighted by Crippen LogP contribution is -2.08. The summed E-state index contributed by atoms with van der Waals surface area (Å²) in [5, 5.41) is 0.549. The highest BCUT2D eigenvalue weighted by atomic mass is 79.9. The number of furan rings is 1. The van der Waals surface area contributed by atoms with Crippen LogP contribution in [-0.2, 0) is 10.1 Å². The highest BCUT2D eigenvalue weighted by Gasteiger charge is 2.32. The normalized spacial score (nSPS) is 15.3. The number of hydrogen-bond acceptors (Lipinski definition) is 3. The molecule has 82 valence electrons. The first-order chi connectivity index (χ1) is 7.27. The highest BCUT2D eigenvalue weighted by Crippen LogP contribution is 2.43. The Morgan fingerprint density at radius 1 is 1.67 bits per heavy atom. The highest BCUT2D eigenvalue weighted by molar-refractivity contribution is 9.08. The predicted octanol–water partition coefficient (Wildman–Crippen LogP) is 3.23. The van der Waals surface area contributed by atoms with Gasteiger partial charge in [-0.15, -0.1) is 0 Å². The molecule has 1 aliphatic rings. The molecule has 1 aromatic rings. The Bertz CT molecular complexity index is 366. The van der Waals surface area contributed by atoms with E-state index in [1.54, 1.807) is 6.26 Å². The summed E-state index contributed by atoms with van der Waals surface area (Å²) >= 11 is 3.31. The zero-order chi connectivity index (χ0) is 10.8. The van der Waals surface area contributed by atoms with E-state index in [0.29, 0.717) is 29.2 Å². The van der Waals surface area contributed by atoms with Crippen molar-refractivity contribution in [2.24, 2.45) is 0 Å². The van der Waals surface area contributed by atoms with Gasteiger partial charge >= 0.3 is 5.97 Å². The van der Waals surface area contributed by atoms with E-state index < -0.39 is 0 Å². The number of esters is 1. The standard InChI is InChI=1S/C11H13BrO3/c1-2-14-11(13)10-8(7-3-4-7)6-15-9(10)5-12/h6-7H,2-5H2,1H3. The number of halogens is 1. The minimum atomic E-state index is -0.261. The van der Waals surface area contributed by atoms with Crippen molar-refractivity contribution < 1.29 is 13.9 Å². The summed E-state index contributed by atoms with van der Waals surface area (Å²) in [6.07, 6.45) is 3.99. The van der Waals surface area contributed by atoms with E-state index in [-0.39, 0.29) is 5.97 Å². The third-order valence-electron chi connectivity index (χ3n) is 2.51. The van der Waals surface area contributed by atoms with Crippen LogP contribution in [0.15, 0.2) is 10.7 Å². The van der Waals surface area contributed by atoms with Crippen LogP contribution in [0.5, 0.6) is 0 Å². The molecule has 1 aromatic heterocycles. The molecule has 1 saturated carbocycles. The third kappa shape index (κ3) is 2.09. The summed E-state index contributed by atoms with van der Waals surface area (Å²) in [5.74, 6) is 0.916. The Morgan fingerprint density at radius 2 is 2.40 bits per heavy atom. The van der Waals surface area contributed by atoms with Crippen LogP contribution >= 0.6 is 15.9 Å². The fraction of sp³-hybridized carbons (Fsp3) is 0.545. The van der Waals surface area contributed by atoms with Gasteiger partial charge in [-0.25, -0.2) is 4.79 Å². The lowest BCUT2D eigenvalue weighted by Gasteiger charge is -2.03. The maximum atomic E-state index is 11.7. The van der Waals surface area contributed by atoms with E-state index in [1.165, 1.54) is 0 Å². The van der Waals surface area contributed by atoms with Crippen molar-refractivity contribution in [2.45, 2.75) is 31.0 Å². The van der Waals surface area contributed by atoms with E-state index in [1.807, 2.05) is 6.92 Å². The molecule has 0 aliphatic heterocycles. The molecule has 3 nitrogen and oxygen atoms in total. The quantitative estimate of drug-likeness (QED) is 0.624. The number of ether oxygens (including phenoxy) is 1. The van der Waals surface area contributed by atoms with Crippen molar-refractivity contribution in [1.29, 1.82) is 0 Å². The van der Waals surface area contributed by atoms with Crippen molar-refractivity contribution >= 4 is 21.9 Å². The van der Waals surface area contributed by atoms with Crippen LogP contribution in [0.25, 0.3) is 0 Å². The summed E-state index contributed by atoms with van der Waals surface area (Å²) in [6.45, 7) is 2.21. The second kappa shape index (κ2) is 4.39. The molecule has 0 saturated heterocycles. The van der Waals surface area contributed by atoms with Gasteiger partial charge in [0, 0.05) is 5.56 Å². The number of carbonyl (C=O) groups is 1. The smallest absolute Gasteiger partial charge is 0.342 e. The Morgan fingerprint density at radius 3 is 2.93 bits per heavy atom. The van der Waals surface area contributed by atoms with Gasteiger partial charge in [0.25, 0.3) is 0 Å². The van der Waals surface area contributed by atoms with E-state index in [9.17, 15) is 4.79 Å². The molecule has 15 heavy (non-hydrogen) atoms. The number of alkyl halides is 1. The van der Waals surface area contributed by atoms with Gasteiger partial charge in [-0.1, -0.05) is 15.9 Å². The number of hydrogen-bond donors (Lipinski definition) is 0. The summed E-state index contributed by atoms with van der Waals surface area (Å²) in [6, 6.07) is 0. The molecule has 4 heteroatoms. The van der Waals surface area contributed by atoms with Gasteiger partial charge < -0.3 is 9.15 Å². The topological polar surface area (TPSA) is 39.4 Å². The minimum absolute atomic E-state index is 0.261. The van der Waals surface area contributed by atoms with Gasteiger partial charge in [0.2, 0.25) is 0 Å². The molecule has 0 spiro atoms. The van der Waals surface area contributed by atoms with Crippen molar-refractivity contribution in [2.75, 3.05) is 6.61 Å². The lowest BCUT2D eigenvalue weighted by molar-refractivity contribution is 0.0523. The molecule has 1 fully saturated rings. The van der Waals surface area contributed by atoms with E-state index >= 15 is 0 Å². The van der Waals surface area contributed by atoms with Gasteiger partial charge in [0.05, 0.1) is 18.2 Å². The second-order valence-corrected chi connectivity index (χ2v) is 4.18. The fourth-order valence-corrected chi connectivity index (χ4v) is 2.05. The largest absolute Gasteiger partial charge is 0.467 e. The monoisotopic (exact) mass is 272 g/mol. The summed E-state index contributed by atoms with van der Waals surface area (Å²) in [4.78, 5) is 11.7. The van der Waals surface area contributed by atoms with Crippen LogP contribution in [-0.4, -0.2) is 12.6 Å². The molecule has 2 rings (SSSR count). The molecule has 0 amide bonds. The van der Waals surface area contributed by atoms with Gasteiger partial charge in [-0.2, -0.15) is 0 Å². The molecule has 0 bridgehead atoms. The van der Waals surface area contributed by atoms with Crippen LogP contribution in [0.1, 0.15) is 47.4 Å². The maximum Gasteiger partial charge on any atom is 0.342 e. The molecule has 0 aromatic carbocycles. The van der Waals surface area contributed by atoms with Gasteiger partial charge in [-0.05, 0) is 25.7 Å². The van der Waals surface area contributed by atoms with Crippen LogP contribution in [0.2, 0.25) is 0 Å². The van der Waals surface area contributed by atoms with Crippen molar-refractivity contribution in [1.82, 2.24) is 0 Å². The summed E-state index contributed by atoms with van der Waals surface area (Å²) in [7, 11) is 0. The van der Waals surface area contributed by atoms with Crippen molar-refractivity contribution in [3.05, 3.63) is 23.2 Å². The molecule has 0 unspecified atom stereocenters. The molecular formula is C11H13BrO3. The number of rotatable bonds is 4. The Kier molecular flexibility index (Phi) is 3.14. The minimum Gasteiger partial charge on any atom is -0.467 e. The van der Waals surface area contributed by atoms with Crippen LogP contribution in [0, 0.1) is 0 Å². The van der Waals surface area contributed by atoms with Crippen LogP contribution < -0.4 is 0 Å². The van der Waals surface area contributed by atoms with Crippen LogP contribution in [0.4, 0.5) is 0 Å².